The summed E-state index contributed by atoms with van der Waals surface area (Å²) in [4.78, 5) is 15.7. The Labute approximate surface area is 199 Å². The van der Waals surface area contributed by atoms with Gasteiger partial charge < -0.3 is 19.1 Å². The number of Topliss-reactive ketones (excluding diaryl/α,β-unsaturated/α-hetero) is 1. The molecule has 0 unspecified atom stereocenters. The smallest absolute Gasteiger partial charge is 0.401 e. The van der Waals surface area contributed by atoms with Gasteiger partial charge in [0, 0.05) is 36.3 Å². The molecular formula is C24H33N6O4+. The molecule has 0 radical (unpaired) electrons. The Balaban J connectivity index is 1.72. The lowest BCUT2D eigenvalue weighted by molar-refractivity contribution is -0.723. The van der Waals surface area contributed by atoms with Crippen LogP contribution in [0.25, 0.3) is 5.65 Å². The minimum atomic E-state index is -0.225. The van der Waals surface area contributed by atoms with Crippen molar-refractivity contribution in [1.82, 2.24) is 14.7 Å². The molecular weight excluding hydrogens is 436 g/mol. The fourth-order valence-corrected chi connectivity index (χ4v) is 4.08. The number of methoxy groups -OCH3 is 1. The fourth-order valence-electron chi connectivity index (χ4n) is 4.08. The molecule has 0 atom stereocenters. The first kappa shape index (κ1) is 23.7. The minimum Gasteiger partial charge on any atom is -0.494 e. The Kier molecular flexibility index (Phi) is 6.60. The van der Waals surface area contributed by atoms with E-state index in [9.17, 15) is 4.79 Å². The Morgan fingerprint density at radius 3 is 2.62 bits per heavy atom. The molecule has 0 bridgehead atoms. The maximum absolute atomic E-state index is 13.5. The Bertz CT molecular complexity index is 1190. The van der Waals surface area contributed by atoms with E-state index in [1.54, 1.807) is 19.2 Å². The van der Waals surface area contributed by atoms with Gasteiger partial charge in [-0.1, -0.05) is 35.5 Å². The van der Waals surface area contributed by atoms with Crippen molar-refractivity contribution in [3.8, 4) is 11.6 Å². The van der Waals surface area contributed by atoms with Crippen molar-refractivity contribution in [2.24, 2.45) is 0 Å². The molecule has 34 heavy (non-hydrogen) atoms. The van der Waals surface area contributed by atoms with Crippen LogP contribution in [0.2, 0.25) is 0 Å². The first-order chi connectivity index (χ1) is 16.2. The van der Waals surface area contributed by atoms with Crippen LogP contribution in [0.4, 0.5) is 11.6 Å². The molecule has 10 nitrogen and oxygen atoms in total. The third kappa shape index (κ3) is 4.63. The van der Waals surface area contributed by atoms with Crippen LogP contribution in [0.15, 0.2) is 24.3 Å². The number of benzene rings is 1. The van der Waals surface area contributed by atoms with Gasteiger partial charge in [-0.25, -0.2) is 0 Å². The summed E-state index contributed by atoms with van der Waals surface area (Å²) in [7, 11) is 1.67. The number of carbonyl (C=O) groups excluding carboxylic acids is 1. The molecule has 1 aromatic carbocycles. The van der Waals surface area contributed by atoms with Gasteiger partial charge in [-0.15, -0.1) is 4.68 Å². The van der Waals surface area contributed by atoms with Crippen LogP contribution in [0, 0.1) is 0 Å². The second kappa shape index (κ2) is 9.46. The maximum Gasteiger partial charge on any atom is 0.401 e. The van der Waals surface area contributed by atoms with E-state index in [1.165, 1.54) is 9.20 Å². The van der Waals surface area contributed by atoms with Gasteiger partial charge in [0.25, 0.3) is 5.65 Å². The molecule has 3 aromatic rings. The van der Waals surface area contributed by atoms with Crippen LogP contribution >= 0.6 is 0 Å². The average Bonchev–Trinajstić information content (AvgIpc) is 3.13. The van der Waals surface area contributed by atoms with E-state index in [-0.39, 0.29) is 23.7 Å². The van der Waals surface area contributed by atoms with Crippen LogP contribution in [0.1, 0.15) is 43.6 Å². The van der Waals surface area contributed by atoms with Crippen LogP contribution in [-0.4, -0.2) is 60.5 Å². The molecule has 0 amide bonds. The topological polar surface area (TPSA) is 108 Å². The molecule has 10 heteroatoms. The van der Waals surface area contributed by atoms with Gasteiger partial charge >= 0.3 is 5.95 Å². The summed E-state index contributed by atoms with van der Waals surface area (Å²) < 4.78 is 19.8. The van der Waals surface area contributed by atoms with Crippen molar-refractivity contribution in [3.05, 3.63) is 35.4 Å². The molecule has 3 heterocycles. The predicted octanol–water partition coefficient (Wildman–Crippen LogP) is 2.02. The summed E-state index contributed by atoms with van der Waals surface area (Å²) in [6.07, 6.45) is 0. The van der Waals surface area contributed by atoms with Crippen molar-refractivity contribution < 1.29 is 23.7 Å². The van der Waals surface area contributed by atoms with Gasteiger partial charge in [0.1, 0.15) is 5.75 Å². The summed E-state index contributed by atoms with van der Waals surface area (Å²) in [5, 5.41) is 8.81. The Morgan fingerprint density at radius 1 is 1.24 bits per heavy atom. The van der Waals surface area contributed by atoms with E-state index >= 15 is 0 Å². The number of ketones is 1. The van der Waals surface area contributed by atoms with Gasteiger partial charge in [0.05, 0.1) is 32.6 Å². The number of carbonyl (C=O) groups is 1. The highest BCUT2D eigenvalue weighted by Crippen LogP contribution is 2.40. The van der Waals surface area contributed by atoms with Gasteiger partial charge in [-0.3, -0.25) is 10.5 Å². The zero-order valence-corrected chi connectivity index (χ0v) is 20.5. The zero-order chi connectivity index (χ0) is 24.5. The second-order valence-corrected chi connectivity index (χ2v) is 9.24. The van der Waals surface area contributed by atoms with E-state index in [0.717, 1.165) is 30.1 Å². The van der Waals surface area contributed by atoms with Crippen LogP contribution in [-0.2, 0) is 16.7 Å². The summed E-state index contributed by atoms with van der Waals surface area (Å²) in [5.74, 6) is 1.38. The number of rotatable bonds is 7. The quantitative estimate of drug-likeness (QED) is 0.414. The minimum absolute atomic E-state index is 0.0162. The Morgan fingerprint density at radius 2 is 1.97 bits per heavy atom. The molecule has 1 aliphatic heterocycles. The molecule has 1 aliphatic rings. The van der Waals surface area contributed by atoms with E-state index in [2.05, 4.69) is 35.9 Å². The standard InChI is InChI=1S/C24H32N6O4/c1-6-34-21-8-7-20-26-29(23(25)30(20)27-21)15-19(31)16-13-17(24(2,3)4)22(32-5)18(14-16)28-9-11-33-12-10-28/h7-8,13-14,25H,6,9-12,15H2,1-5H3/p+1. The largest absolute Gasteiger partial charge is 0.494 e. The van der Waals surface area contributed by atoms with E-state index in [1.807, 2.05) is 19.1 Å². The fraction of sp³-hybridized carbons (Fsp3) is 0.500. The lowest BCUT2D eigenvalue weighted by Crippen LogP contribution is -2.42. The Hall–Kier alpha value is -3.40. The number of hydrogen-bond acceptors (Lipinski definition) is 8. The molecule has 0 saturated carbocycles. The average molecular weight is 470 g/mol. The number of nitrogens with two attached hydrogens (primary N) is 1. The van der Waals surface area contributed by atoms with Crippen molar-refractivity contribution in [1.29, 1.82) is 0 Å². The first-order valence-electron chi connectivity index (χ1n) is 11.5. The van der Waals surface area contributed by atoms with Crippen LogP contribution < -0.4 is 24.8 Å². The monoisotopic (exact) mass is 469 g/mol. The summed E-state index contributed by atoms with van der Waals surface area (Å²) >= 11 is 0. The molecule has 4 rings (SSSR count). The lowest BCUT2D eigenvalue weighted by atomic mass is 9.84. The van der Waals surface area contributed by atoms with E-state index in [0.29, 0.717) is 36.9 Å². The molecule has 182 valence electrons. The number of ether oxygens (including phenoxy) is 3. The van der Waals surface area contributed by atoms with E-state index < -0.39 is 0 Å². The SMILES string of the molecule is CCOc1ccc2n[n+](CC(=O)c3cc(N4CCOCC4)c(OC)c(C(C)(C)C)c3)c(N)n2n1. The number of morpholine rings is 1. The number of aromatic nitrogens is 4. The highest BCUT2D eigenvalue weighted by Gasteiger charge is 2.28. The van der Waals surface area contributed by atoms with Gasteiger partial charge in [0.2, 0.25) is 5.88 Å². The number of fused-ring (bicyclic) bond motifs is 1. The number of anilines is 2. The van der Waals surface area contributed by atoms with Crippen LogP contribution in [0.3, 0.4) is 0 Å². The normalized spacial score (nSPS) is 14.4. The third-order valence-electron chi connectivity index (χ3n) is 5.84. The first-order valence-corrected chi connectivity index (χ1v) is 11.5. The molecule has 0 spiro atoms. The van der Waals surface area contributed by atoms with Gasteiger partial charge in [-0.05, 0) is 24.5 Å². The van der Waals surface area contributed by atoms with Crippen molar-refractivity contribution in [2.45, 2.75) is 39.7 Å². The third-order valence-corrected chi connectivity index (χ3v) is 5.84. The zero-order valence-electron chi connectivity index (χ0n) is 20.5. The molecule has 2 N–H and O–H groups in total. The van der Waals surface area contributed by atoms with Crippen molar-refractivity contribution in [3.63, 3.8) is 0 Å². The highest BCUT2D eigenvalue weighted by molar-refractivity contribution is 5.97. The number of nitrogens with zero attached hydrogens (tertiary/aromatic N) is 5. The van der Waals surface area contributed by atoms with E-state index in [4.69, 9.17) is 19.9 Å². The highest BCUT2D eigenvalue weighted by atomic mass is 16.5. The van der Waals surface area contributed by atoms with Gasteiger partial charge in [-0.2, -0.15) is 0 Å². The second-order valence-electron chi connectivity index (χ2n) is 9.24. The molecule has 2 aromatic heterocycles. The van der Waals surface area contributed by atoms with Crippen molar-refractivity contribution in [2.75, 3.05) is 50.7 Å². The summed E-state index contributed by atoms with van der Waals surface area (Å²) in [6.45, 7) is 11.4. The van der Waals surface area contributed by atoms with Gasteiger partial charge in [0.15, 0.2) is 12.3 Å². The predicted molar refractivity (Wildman–Crippen MR) is 128 cm³/mol. The molecule has 0 aliphatic carbocycles. The number of hydrogen-bond donors (Lipinski definition) is 1. The van der Waals surface area contributed by atoms with Crippen molar-refractivity contribution >= 4 is 23.1 Å². The summed E-state index contributed by atoms with van der Waals surface area (Å²) in [5.41, 5.74) is 9.04. The maximum atomic E-state index is 13.5. The molecule has 1 saturated heterocycles. The summed E-state index contributed by atoms with van der Waals surface area (Å²) in [6, 6.07) is 7.31. The molecule has 1 fully saturated rings. The number of nitrogen functional groups attached to an aromatic ring is 1. The lowest BCUT2D eigenvalue weighted by Gasteiger charge is -2.33. The van der Waals surface area contributed by atoms with Crippen LogP contribution in [0.5, 0.6) is 11.6 Å².